The monoisotopic (exact) mass is 482 g/mol. The summed E-state index contributed by atoms with van der Waals surface area (Å²) < 4.78 is 34.9. The molecule has 0 radical (unpaired) electrons. The van der Waals surface area contributed by atoms with E-state index in [9.17, 15) is 13.2 Å². The molecule has 0 N–H and O–H groups in total. The van der Waals surface area contributed by atoms with Crippen molar-refractivity contribution >= 4 is 34.2 Å². The fraction of sp³-hybridized carbons (Fsp3) is 0.842. The van der Waals surface area contributed by atoms with Crippen molar-refractivity contribution in [1.29, 1.82) is 0 Å². The van der Waals surface area contributed by atoms with Crippen LogP contribution in [0.4, 0.5) is 0 Å². The van der Waals surface area contributed by atoms with Gasteiger partial charge in [-0.25, -0.2) is 0 Å². The quantitative estimate of drug-likeness (QED) is 0.262. The average Bonchev–Trinajstić information content (AvgIpc) is 2.57. The van der Waals surface area contributed by atoms with Crippen molar-refractivity contribution < 1.29 is 17.9 Å². The van der Waals surface area contributed by atoms with E-state index < -0.39 is 39.4 Å². The van der Waals surface area contributed by atoms with E-state index >= 15 is 0 Å². The van der Waals surface area contributed by atoms with E-state index in [-0.39, 0.29) is 6.42 Å². The van der Waals surface area contributed by atoms with Gasteiger partial charge in [-0.3, -0.25) is 0 Å². The molecule has 0 aliphatic heterocycles. The van der Waals surface area contributed by atoms with Crippen molar-refractivity contribution in [2.45, 2.75) is 84.3 Å². The summed E-state index contributed by atoms with van der Waals surface area (Å²) in [6, 6.07) is 0. The standard InChI is InChI=1S/C7H11O4S.3C4H9.Sn/c1-4-5-6(7(8)11-2)12(3,9)10;3*1-3-4-2;/h1,4,6H,5H2,2-3H3;3*1,3-4H2,2H3;. The molecule has 1 atom stereocenters. The summed E-state index contributed by atoms with van der Waals surface area (Å²) in [5.41, 5.74) is 0. The van der Waals surface area contributed by atoms with Gasteiger partial charge in [0.2, 0.25) is 0 Å². The third-order valence-electron chi connectivity index (χ3n) is 4.89. The van der Waals surface area contributed by atoms with E-state index in [1.165, 1.54) is 58.9 Å². The van der Waals surface area contributed by atoms with Gasteiger partial charge in [-0.1, -0.05) is 0 Å². The fourth-order valence-electron chi connectivity index (χ4n) is 3.23. The van der Waals surface area contributed by atoms with Crippen LogP contribution in [0, 0.1) is 0 Å². The summed E-state index contributed by atoms with van der Waals surface area (Å²) >= 11 is -2.42. The minimum atomic E-state index is -3.45. The SMILES string of the molecule is CCC[CH2][Sn](/[CH]=C/CC(C(=O)OC)S(C)(=O)=O)([CH2]CCC)[CH2]CCC. The molecule has 0 aliphatic rings. The Morgan fingerprint density at radius 2 is 1.44 bits per heavy atom. The summed E-state index contributed by atoms with van der Waals surface area (Å²) in [7, 11) is -2.20. The molecule has 0 aromatic carbocycles. The van der Waals surface area contributed by atoms with Crippen LogP contribution in [0.15, 0.2) is 10.2 Å². The summed E-state index contributed by atoms with van der Waals surface area (Å²) in [6.07, 6.45) is 10.8. The second-order valence-electron chi connectivity index (χ2n) is 7.15. The van der Waals surface area contributed by atoms with Crippen LogP contribution < -0.4 is 0 Å². The first-order valence-corrected chi connectivity index (χ1v) is 19.4. The molecule has 0 aromatic heterocycles. The van der Waals surface area contributed by atoms with Crippen molar-refractivity contribution in [3.8, 4) is 0 Å². The summed E-state index contributed by atoms with van der Waals surface area (Å²) in [4.78, 5) is 11.8. The molecule has 148 valence electrons. The van der Waals surface area contributed by atoms with Crippen LogP contribution in [0.1, 0.15) is 65.7 Å². The molecule has 0 aliphatic carbocycles. The number of allylic oxidation sites excluding steroid dienone is 1. The third kappa shape index (κ3) is 10.0. The normalized spacial score (nSPS) is 14.0. The molecular formula is C19H38O4SSn. The molecule has 0 amide bonds. The molecule has 0 aromatic rings. The predicted octanol–water partition coefficient (Wildman–Crippen LogP) is 4.91. The van der Waals surface area contributed by atoms with Crippen molar-refractivity contribution in [2.75, 3.05) is 13.4 Å². The van der Waals surface area contributed by atoms with E-state index in [1.807, 2.05) is 6.08 Å². The third-order valence-corrected chi connectivity index (χ3v) is 20.5. The van der Waals surface area contributed by atoms with E-state index in [0.717, 1.165) is 6.26 Å². The Morgan fingerprint density at radius 3 is 1.76 bits per heavy atom. The zero-order valence-electron chi connectivity index (χ0n) is 16.8. The van der Waals surface area contributed by atoms with Crippen LogP contribution in [0.2, 0.25) is 13.3 Å². The molecule has 4 nitrogen and oxygen atoms in total. The van der Waals surface area contributed by atoms with Crippen molar-refractivity contribution in [1.82, 2.24) is 0 Å². The molecule has 6 heteroatoms. The first-order valence-electron chi connectivity index (χ1n) is 9.70. The Balaban J connectivity index is 5.33. The second-order valence-corrected chi connectivity index (χ2v) is 22.4. The van der Waals surface area contributed by atoms with Gasteiger partial charge in [-0.05, 0) is 0 Å². The van der Waals surface area contributed by atoms with Gasteiger partial charge in [-0.2, -0.15) is 0 Å². The Hall–Kier alpha value is -0.0413. The number of methoxy groups -OCH3 is 1. The van der Waals surface area contributed by atoms with E-state index in [0.29, 0.717) is 0 Å². The van der Waals surface area contributed by atoms with Gasteiger partial charge in [0, 0.05) is 0 Å². The molecular weight excluding hydrogens is 443 g/mol. The zero-order valence-corrected chi connectivity index (χ0v) is 20.5. The number of carbonyl (C=O) groups excluding carboxylic acids is 1. The number of unbranched alkanes of at least 4 members (excludes halogenated alkanes) is 3. The molecule has 1 unspecified atom stereocenters. The minimum absolute atomic E-state index is 0.245. The van der Waals surface area contributed by atoms with Gasteiger partial charge in [0.1, 0.15) is 0 Å². The molecule has 0 heterocycles. The number of rotatable bonds is 14. The van der Waals surface area contributed by atoms with E-state index in [2.05, 4.69) is 29.6 Å². The van der Waals surface area contributed by atoms with Crippen LogP contribution in [0.5, 0.6) is 0 Å². The van der Waals surface area contributed by atoms with E-state index in [1.54, 1.807) is 0 Å². The first-order chi connectivity index (χ1) is 11.8. The molecule has 0 bridgehead atoms. The van der Waals surface area contributed by atoms with Crippen LogP contribution in [0.25, 0.3) is 0 Å². The van der Waals surface area contributed by atoms with Gasteiger partial charge < -0.3 is 0 Å². The average molecular weight is 481 g/mol. The molecule has 0 saturated carbocycles. The number of carbonyl (C=O) groups is 1. The molecule has 0 rings (SSSR count). The zero-order chi connectivity index (χ0) is 19.3. The summed E-state index contributed by atoms with van der Waals surface area (Å²) in [5, 5.41) is -1.07. The first kappa shape index (κ1) is 25.0. The van der Waals surface area contributed by atoms with Crippen molar-refractivity contribution in [3.05, 3.63) is 10.2 Å². The summed E-state index contributed by atoms with van der Waals surface area (Å²) in [5.74, 6) is -0.649. The fourth-order valence-corrected chi connectivity index (χ4v) is 18.6. The Bertz CT molecular complexity index is 478. The van der Waals surface area contributed by atoms with Crippen molar-refractivity contribution in [2.24, 2.45) is 0 Å². The number of hydrogen-bond donors (Lipinski definition) is 0. The topological polar surface area (TPSA) is 60.4 Å². The molecule has 25 heavy (non-hydrogen) atoms. The number of esters is 1. The Morgan fingerprint density at radius 1 is 1.00 bits per heavy atom. The number of sulfone groups is 1. The maximum atomic E-state index is 11.9. The van der Waals surface area contributed by atoms with Crippen LogP contribution in [-0.4, -0.2) is 51.4 Å². The predicted molar refractivity (Wildman–Crippen MR) is 109 cm³/mol. The van der Waals surface area contributed by atoms with Crippen LogP contribution >= 0.6 is 0 Å². The maximum absolute atomic E-state index is 11.9. The van der Waals surface area contributed by atoms with Crippen molar-refractivity contribution in [3.63, 3.8) is 0 Å². The van der Waals surface area contributed by atoms with Gasteiger partial charge >= 0.3 is 160 Å². The Kier molecular flexibility index (Phi) is 13.2. The molecule has 0 fully saturated rings. The van der Waals surface area contributed by atoms with Gasteiger partial charge in [0.15, 0.2) is 0 Å². The van der Waals surface area contributed by atoms with Gasteiger partial charge in [0.25, 0.3) is 0 Å². The van der Waals surface area contributed by atoms with Crippen LogP contribution in [-0.2, 0) is 19.4 Å². The molecule has 0 spiro atoms. The number of ether oxygens (including phenoxy) is 1. The number of hydrogen-bond acceptors (Lipinski definition) is 4. The van der Waals surface area contributed by atoms with Crippen LogP contribution in [0.3, 0.4) is 0 Å². The van der Waals surface area contributed by atoms with Gasteiger partial charge in [0.05, 0.1) is 0 Å². The van der Waals surface area contributed by atoms with E-state index in [4.69, 9.17) is 0 Å². The second kappa shape index (κ2) is 13.2. The molecule has 0 saturated heterocycles. The Labute approximate surface area is 159 Å². The summed E-state index contributed by atoms with van der Waals surface area (Å²) in [6.45, 7) is 6.70. The van der Waals surface area contributed by atoms with Gasteiger partial charge in [-0.15, -0.1) is 0 Å².